The SMILES string of the molecule is Cc1cc(C)c(C(=O)Nc2cccnc2)cc1C. The third-order valence-corrected chi connectivity index (χ3v) is 3.00. The van der Waals surface area contributed by atoms with Crippen LogP contribution < -0.4 is 5.32 Å². The van der Waals surface area contributed by atoms with E-state index in [2.05, 4.69) is 10.3 Å². The van der Waals surface area contributed by atoms with Gasteiger partial charge in [-0.05, 0) is 55.7 Å². The molecular weight excluding hydrogens is 224 g/mol. The number of pyridine rings is 1. The normalized spacial score (nSPS) is 10.2. The summed E-state index contributed by atoms with van der Waals surface area (Å²) >= 11 is 0. The first kappa shape index (κ1) is 12.3. The average Bonchev–Trinajstić information content (AvgIpc) is 2.35. The van der Waals surface area contributed by atoms with Crippen molar-refractivity contribution in [3.8, 4) is 0 Å². The standard InChI is InChI=1S/C15H16N2O/c1-10-7-12(3)14(8-11(10)2)15(18)17-13-5-4-6-16-9-13/h4-9H,1-3H3,(H,17,18). The molecule has 0 fully saturated rings. The molecule has 1 aromatic carbocycles. The number of rotatable bonds is 2. The maximum absolute atomic E-state index is 12.2. The highest BCUT2D eigenvalue weighted by atomic mass is 16.1. The van der Waals surface area contributed by atoms with E-state index in [-0.39, 0.29) is 5.91 Å². The van der Waals surface area contributed by atoms with Crippen molar-refractivity contribution >= 4 is 11.6 Å². The van der Waals surface area contributed by atoms with Crippen LogP contribution in [-0.2, 0) is 0 Å². The second-order valence-electron chi connectivity index (χ2n) is 4.45. The highest BCUT2D eigenvalue weighted by Crippen LogP contribution is 2.16. The molecule has 0 aliphatic rings. The van der Waals surface area contributed by atoms with E-state index in [1.807, 2.05) is 39.0 Å². The smallest absolute Gasteiger partial charge is 0.255 e. The lowest BCUT2D eigenvalue weighted by Crippen LogP contribution is -2.14. The van der Waals surface area contributed by atoms with Crippen molar-refractivity contribution in [2.45, 2.75) is 20.8 Å². The lowest BCUT2D eigenvalue weighted by Gasteiger charge is -2.10. The van der Waals surface area contributed by atoms with E-state index in [0.29, 0.717) is 11.3 Å². The molecule has 0 radical (unpaired) electrons. The van der Waals surface area contributed by atoms with Crippen LogP contribution >= 0.6 is 0 Å². The molecule has 2 aromatic rings. The summed E-state index contributed by atoms with van der Waals surface area (Å²) in [7, 11) is 0. The number of carbonyl (C=O) groups is 1. The van der Waals surface area contributed by atoms with Gasteiger partial charge in [-0.15, -0.1) is 0 Å². The predicted molar refractivity (Wildman–Crippen MR) is 72.8 cm³/mol. The topological polar surface area (TPSA) is 42.0 Å². The lowest BCUT2D eigenvalue weighted by atomic mass is 10.0. The molecule has 1 N–H and O–H groups in total. The Hall–Kier alpha value is -2.16. The minimum absolute atomic E-state index is 0.0939. The molecule has 0 bridgehead atoms. The van der Waals surface area contributed by atoms with Crippen LogP contribution in [0, 0.1) is 20.8 Å². The van der Waals surface area contributed by atoms with Crippen molar-refractivity contribution in [1.82, 2.24) is 4.98 Å². The second kappa shape index (κ2) is 5.00. The fourth-order valence-corrected chi connectivity index (χ4v) is 1.84. The van der Waals surface area contributed by atoms with Crippen LogP contribution in [0.4, 0.5) is 5.69 Å². The molecule has 0 atom stereocenters. The summed E-state index contributed by atoms with van der Waals surface area (Å²) in [5, 5.41) is 2.84. The summed E-state index contributed by atoms with van der Waals surface area (Å²) in [5.74, 6) is -0.0939. The van der Waals surface area contributed by atoms with Crippen LogP contribution in [0.3, 0.4) is 0 Å². The Morgan fingerprint density at radius 1 is 1.11 bits per heavy atom. The Morgan fingerprint density at radius 2 is 1.83 bits per heavy atom. The molecular formula is C15H16N2O. The molecule has 3 nitrogen and oxygen atoms in total. The largest absolute Gasteiger partial charge is 0.321 e. The first-order valence-corrected chi connectivity index (χ1v) is 5.87. The fourth-order valence-electron chi connectivity index (χ4n) is 1.84. The lowest BCUT2D eigenvalue weighted by molar-refractivity contribution is 0.102. The fraction of sp³-hybridized carbons (Fsp3) is 0.200. The quantitative estimate of drug-likeness (QED) is 0.875. The van der Waals surface area contributed by atoms with E-state index in [9.17, 15) is 4.79 Å². The van der Waals surface area contributed by atoms with Crippen LogP contribution in [0.15, 0.2) is 36.7 Å². The number of aromatic nitrogens is 1. The van der Waals surface area contributed by atoms with Crippen molar-refractivity contribution in [2.75, 3.05) is 5.32 Å². The maximum Gasteiger partial charge on any atom is 0.255 e. The monoisotopic (exact) mass is 240 g/mol. The number of aryl methyl sites for hydroxylation is 3. The Labute approximate surface area is 107 Å². The van der Waals surface area contributed by atoms with Crippen molar-refractivity contribution in [1.29, 1.82) is 0 Å². The molecule has 1 amide bonds. The maximum atomic E-state index is 12.2. The third kappa shape index (κ3) is 2.56. The summed E-state index contributed by atoms with van der Waals surface area (Å²) in [6, 6.07) is 7.58. The number of amides is 1. The predicted octanol–water partition coefficient (Wildman–Crippen LogP) is 3.26. The van der Waals surface area contributed by atoms with Gasteiger partial charge in [0.25, 0.3) is 5.91 Å². The molecule has 18 heavy (non-hydrogen) atoms. The third-order valence-electron chi connectivity index (χ3n) is 3.00. The van der Waals surface area contributed by atoms with Crippen molar-refractivity contribution in [3.63, 3.8) is 0 Å². The Kier molecular flexibility index (Phi) is 3.42. The number of hydrogen-bond acceptors (Lipinski definition) is 2. The van der Waals surface area contributed by atoms with E-state index in [4.69, 9.17) is 0 Å². The van der Waals surface area contributed by atoms with Gasteiger partial charge in [-0.25, -0.2) is 0 Å². The Balaban J connectivity index is 2.27. The van der Waals surface area contributed by atoms with Crippen molar-refractivity contribution in [3.05, 3.63) is 58.9 Å². The number of hydrogen-bond donors (Lipinski definition) is 1. The van der Waals surface area contributed by atoms with Crippen molar-refractivity contribution < 1.29 is 4.79 Å². The number of nitrogens with one attached hydrogen (secondary N) is 1. The van der Waals surface area contributed by atoms with Crippen LogP contribution in [0.25, 0.3) is 0 Å². The van der Waals surface area contributed by atoms with Gasteiger partial charge in [0.15, 0.2) is 0 Å². The first-order valence-electron chi connectivity index (χ1n) is 5.87. The molecule has 2 rings (SSSR count). The van der Waals surface area contributed by atoms with Gasteiger partial charge in [0.05, 0.1) is 11.9 Å². The number of anilines is 1. The molecule has 0 unspecified atom stereocenters. The molecule has 1 aromatic heterocycles. The number of carbonyl (C=O) groups excluding carboxylic acids is 1. The van der Waals surface area contributed by atoms with E-state index in [0.717, 1.165) is 11.1 Å². The number of benzene rings is 1. The van der Waals surface area contributed by atoms with Gasteiger partial charge >= 0.3 is 0 Å². The van der Waals surface area contributed by atoms with E-state index < -0.39 is 0 Å². The van der Waals surface area contributed by atoms with E-state index >= 15 is 0 Å². The van der Waals surface area contributed by atoms with E-state index in [1.165, 1.54) is 5.56 Å². The molecule has 1 heterocycles. The van der Waals surface area contributed by atoms with Gasteiger partial charge < -0.3 is 5.32 Å². The van der Waals surface area contributed by atoms with Gasteiger partial charge in [-0.2, -0.15) is 0 Å². The molecule has 3 heteroatoms. The van der Waals surface area contributed by atoms with Crippen molar-refractivity contribution in [2.24, 2.45) is 0 Å². The summed E-state index contributed by atoms with van der Waals surface area (Å²) in [5.41, 5.74) is 4.73. The Morgan fingerprint density at radius 3 is 2.50 bits per heavy atom. The zero-order valence-corrected chi connectivity index (χ0v) is 10.8. The van der Waals surface area contributed by atoms with Gasteiger partial charge in [0, 0.05) is 11.8 Å². The zero-order chi connectivity index (χ0) is 13.1. The van der Waals surface area contributed by atoms with Gasteiger partial charge in [-0.1, -0.05) is 6.07 Å². The highest BCUT2D eigenvalue weighted by molar-refractivity contribution is 6.05. The molecule has 0 spiro atoms. The molecule has 0 aliphatic heterocycles. The number of nitrogens with zero attached hydrogens (tertiary/aromatic N) is 1. The van der Waals surface area contributed by atoms with Crippen LogP contribution in [-0.4, -0.2) is 10.9 Å². The summed E-state index contributed by atoms with van der Waals surface area (Å²) in [6.07, 6.45) is 3.31. The summed E-state index contributed by atoms with van der Waals surface area (Å²) in [6.45, 7) is 6.01. The summed E-state index contributed by atoms with van der Waals surface area (Å²) in [4.78, 5) is 16.1. The molecule has 0 saturated heterocycles. The minimum atomic E-state index is -0.0939. The molecule has 0 saturated carbocycles. The van der Waals surface area contributed by atoms with E-state index in [1.54, 1.807) is 18.5 Å². The van der Waals surface area contributed by atoms with Gasteiger partial charge in [-0.3, -0.25) is 9.78 Å². The Bertz CT molecular complexity index is 577. The van der Waals surface area contributed by atoms with Crippen LogP contribution in [0.1, 0.15) is 27.0 Å². The second-order valence-corrected chi connectivity index (χ2v) is 4.45. The average molecular weight is 240 g/mol. The zero-order valence-electron chi connectivity index (χ0n) is 10.8. The molecule has 92 valence electrons. The van der Waals surface area contributed by atoms with Crippen LogP contribution in [0.5, 0.6) is 0 Å². The van der Waals surface area contributed by atoms with Crippen LogP contribution in [0.2, 0.25) is 0 Å². The molecule has 0 aliphatic carbocycles. The van der Waals surface area contributed by atoms with Gasteiger partial charge in [0.2, 0.25) is 0 Å². The first-order chi connectivity index (χ1) is 8.58. The minimum Gasteiger partial charge on any atom is -0.321 e. The summed E-state index contributed by atoms with van der Waals surface area (Å²) < 4.78 is 0. The highest BCUT2D eigenvalue weighted by Gasteiger charge is 2.10. The van der Waals surface area contributed by atoms with Gasteiger partial charge in [0.1, 0.15) is 0 Å².